The zero-order valence-corrected chi connectivity index (χ0v) is 19.1. The lowest BCUT2D eigenvalue weighted by Crippen LogP contribution is -2.32. The fourth-order valence-corrected chi connectivity index (χ4v) is 4.22. The van der Waals surface area contributed by atoms with Gasteiger partial charge in [0.1, 0.15) is 5.82 Å². The van der Waals surface area contributed by atoms with Crippen molar-refractivity contribution in [3.8, 4) is 11.1 Å². The molecule has 0 bridgehead atoms. The molecule has 4 rings (SSSR count). The molecule has 33 heavy (non-hydrogen) atoms. The second kappa shape index (κ2) is 10.5. The molecule has 174 valence electrons. The molecule has 0 aliphatic carbocycles. The van der Waals surface area contributed by atoms with Crippen LogP contribution >= 0.6 is 12.4 Å². The maximum atomic E-state index is 14.7. The topological polar surface area (TPSA) is 3.24 Å². The summed E-state index contributed by atoms with van der Waals surface area (Å²) in [4.78, 5) is 2.25. The van der Waals surface area contributed by atoms with Crippen LogP contribution in [0.4, 0.5) is 17.6 Å². The van der Waals surface area contributed by atoms with Crippen LogP contribution in [0.15, 0.2) is 78.9 Å². The zero-order valence-electron chi connectivity index (χ0n) is 18.3. The molecule has 1 nitrogen and oxygen atoms in total. The Morgan fingerprint density at radius 1 is 0.909 bits per heavy atom. The van der Waals surface area contributed by atoms with Gasteiger partial charge < -0.3 is 0 Å². The summed E-state index contributed by atoms with van der Waals surface area (Å²) >= 11 is 0. The van der Waals surface area contributed by atoms with E-state index in [1.54, 1.807) is 12.1 Å². The number of hydrogen-bond acceptors (Lipinski definition) is 1. The van der Waals surface area contributed by atoms with Crippen molar-refractivity contribution in [2.45, 2.75) is 25.4 Å². The monoisotopic (exact) mass is 475 g/mol. The standard InChI is InChI=1S/C27H25F4N.ClH/c1-19(22-10-11-25(26(28)17-22)21-6-3-2-4-7-21)18-32-14-12-20(13-15-32)23-8-5-9-24(16-23)27(29,30)31;/h2-12,16-17,19H,13-15,18H2,1H3;1H. The number of rotatable bonds is 5. The summed E-state index contributed by atoms with van der Waals surface area (Å²) < 4.78 is 53.7. The van der Waals surface area contributed by atoms with Gasteiger partial charge in [0.15, 0.2) is 0 Å². The van der Waals surface area contributed by atoms with Gasteiger partial charge >= 0.3 is 6.18 Å². The summed E-state index contributed by atoms with van der Waals surface area (Å²) in [6.45, 7) is 4.26. The molecule has 1 aliphatic heterocycles. The van der Waals surface area contributed by atoms with Crippen molar-refractivity contribution in [3.63, 3.8) is 0 Å². The Bertz CT molecular complexity index is 1110. The average Bonchev–Trinajstić information content (AvgIpc) is 2.79. The SMILES string of the molecule is CC(CN1CC=C(c2cccc(C(F)(F)F)c2)CC1)c1ccc(-c2ccccc2)c(F)c1.Cl. The molecule has 3 aromatic rings. The van der Waals surface area contributed by atoms with E-state index >= 15 is 0 Å². The first-order chi connectivity index (χ1) is 15.3. The van der Waals surface area contributed by atoms with Crippen molar-refractivity contribution in [3.05, 3.63) is 101 Å². The Labute approximate surface area is 198 Å². The van der Waals surface area contributed by atoms with Crippen LogP contribution in [0.5, 0.6) is 0 Å². The van der Waals surface area contributed by atoms with Gasteiger partial charge in [0, 0.05) is 25.2 Å². The van der Waals surface area contributed by atoms with Crippen LogP contribution in [0, 0.1) is 5.82 Å². The van der Waals surface area contributed by atoms with Crippen molar-refractivity contribution in [1.82, 2.24) is 4.90 Å². The summed E-state index contributed by atoms with van der Waals surface area (Å²) in [7, 11) is 0. The maximum Gasteiger partial charge on any atom is 0.416 e. The first-order valence-electron chi connectivity index (χ1n) is 10.7. The minimum Gasteiger partial charge on any atom is -0.299 e. The molecular weight excluding hydrogens is 450 g/mol. The fourth-order valence-electron chi connectivity index (χ4n) is 4.22. The number of alkyl halides is 3. The number of nitrogens with zero attached hydrogens (tertiary/aromatic N) is 1. The van der Waals surface area contributed by atoms with Gasteiger partial charge in [-0.25, -0.2) is 4.39 Å². The first-order valence-corrected chi connectivity index (χ1v) is 10.7. The van der Waals surface area contributed by atoms with Crippen LogP contribution in [-0.2, 0) is 6.18 Å². The second-order valence-corrected chi connectivity index (χ2v) is 8.32. The van der Waals surface area contributed by atoms with E-state index in [1.807, 2.05) is 48.5 Å². The maximum absolute atomic E-state index is 14.7. The lowest BCUT2D eigenvalue weighted by atomic mass is 9.94. The molecule has 0 N–H and O–H groups in total. The Morgan fingerprint density at radius 3 is 2.27 bits per heavy atom. The van der Waals surface area contributed by atoms with Gasteiger partial charge in [0.2, 0.25) is 0 Å². The highest BCUT2D eigenvalue weighted by molar-refractivity contribution is 5.85. The van der Waals surface area contributed by atoms with E-state index in [4.69, 9.17) is 0 Å². The zero-order chi connectivity index (χ0) is 22.7. The predicted molar refractivity (Wildman–Crippen MR) is 128 cm³/mol. The smallest absolute Gasteiger partial charge is 0.299 e. The largest absolute Gasteiger partial charge is 0.416 e. The lowest BCUT2D eigenvalue weighted by molar-refractivity contribution is -0.137. The lowest BCUT2D eigenvalue weighted by Gasteiger charge is -2.29. The molecule has 6 heteroatoms. The quantitative estimate of drug-likeness (QED) is 0.340. The summed E-state index contributed by atoms with van der Waals surface area (Å²) in [6, 6.07) is 20.4. The molecule has 1 unspecified atom stereocenters. The molecule has 0 aromatic heterocycles. The van der Waals surface area contributed by atoms with Gasteiger partial charge in [-0.05, 0) is 52.8 Å². The Balaban J connectivity index is 0.00000306. The minimum absolute atomic E-state index is 0. The van der Waals surface area contributed by atoms with Gasteiger partial charge in [-0.3, -0.25) is 4.90 Å². The molecule has 0 saturated carbocycles. The predicted octanol–water partition coefficient (Wildman–Crippen LogP) is 7.83. The van der Waals surface area contributed by atoms with Crippen LogP contribution in [-0.4, -0.2) is 24.5 Å². The van der Waals surface area contributed by atoms with Crippen LogP contribution in [0.1, 0.15) is 36.0 Å². The summed E-state index contributed by atoms with van der Waals surface area (Å²) in [5, 5.41) is 0. The molecule has 1 aliphatic rings. The molecule has 0 amide bonds. The van der Waals surface area contributed by atoms with Crippen molar-refractivity contribution in [2.75, 3.05) is 19.6 Å². The van der Waals surface area contributed by atoms with Crippen molar-refractivity contribution < 1.29 is 17.6 Å². The highest BCUT2D eigenvalue weighted by Crippen LogP contribution is 2.33. The molecule has 0 fully saturated rings. The number of benzene rings is 3. The fraction of sp³-hybridized carbons (Fsp3) is 0.259. The van der Waals surface area contributed by atoms with Crippen molar-refractivity contribution >= 4 is 18.0 Å². The molecule has 0 radical (unpaired) electrons. The van der Waals surface area contributed by atoms with Gasteiger partial charge in [-0.1, -0.05) is 67.6 Å². The third-order valence-corrected chi connectivity index (χ3v) is 6.03. The van der Waals surface area contributed by atoms with Gasteiger partial charge in [-0.15, -0.1) is 12.4 Å². The number of hydrogen-bond donors (Lipinski definition) is 0. The Kier molecular flexibility index (Phi) is 7.98. The highest BCUT2D eigenvalue weighted by Gasteiger charge is 2.30. The normalized spacial score (nSPS) is 15.5. The van der Waals surface area contributed by atoms with Crippen LogP contribution < -0.4 is 0 Å². The van der Waals surface area contributed by atoms with E-state index in [9.17, 15) is 17.6 Å². The van der Waals surface area contributed by atoms with E-state index < -0.39 is 11.7 Å². The van der Waals surface area contributed by atoms with E-state index in [-0.39, 0.29) is 24.1 Å². The van der Waals surface area contributed by atoms with Gasteiger partial charge in [-0.2, -0.15) is 13.2 Å². The first kappa shape index (κ1) is 25.0. The Hall–Kier alpha value is -2.63. The third-order valence-electron chi connectivity index (χ3n) is 6.03. The molecule has 1 atom stereocenters. The van der Waals surface area contributed by atoms with E-state index in [0.29, 0.717) is 24.1 Å². The van der Waals surface area contributed by atoms with Gasteiger partial charge in [0.05, 0.1) is 5.56 Å². The molecule has 3 aromatic carbocycles. The average molecular weight is 476 g/mol. The van der Waals surface area contributed by atoms with Crippen LogP contribution in [0.2, 0.25) is 0 Å². The van der Waals surface area contributed by atoms with E-state index in [1.165, 1.54) is 12.1 Å². The minimum atomic E-state index is -4.34. The van der Waals surface area contributed by atoms with Crippen molar-refractivity contribution in [2.24, 2.45) is 0 Å². The van der Waals surface area contributed by atoms with Crippen LogP contribution in [0.25, 0.3) is 16.7 Å². The molecule has 1 heterocycles. The third kappa shape index (κ3) is 6.04. The molecule has 0 spiro atoms. The number of halogens is 5. The van der Waals surface area contributed by atoms with Crippen LogP contribution in [0.3, 0.4) is 0 Å². The second-order valence-electron chi connectivity index (χ2n) is 8.32. The Morgan fingerprint density at radius 2 is 1.64 bits per heavy atom. The van der Waals surface area contributed by atoms with Crippen molar-refractivity contribution in [1.29, 1.82) is 0 Å². The molecular formula is C27H26ClF4N. The summed E-state index contributed by atoms with van der Waals surface area (Å²) in [5.74, 6) is -0.0937. The summed E-state index contributed by atoms with van der Waals surface area (Å²) in [6.07, 6.45) is -1.64. The molecule has 0 saturated heterocycles. The van der Waals surface area contributed by atoms with E-state index in [2.05, 4.69) is 11.8 Å². The highest BCUT2D eigenvalue weighted by atomic mass is 35.5. The van der Waals surface area contributed by atoms with E-state index in [0.717, 1.165) is 35.9 Å². The summed E-state index contributed by atoms with van der Waals surface area (Å²) in [5.41, 5.74) is 3.34. The van der Waals surface area contributed by atoms with Gasteiger partial charge in [0.25, 0.3) is 0 Å².